The number of rotatable bonds is 4. The molecule has 1 aromatic heterocycles. The molecule has 24 heavy (non-hydrogen) atoms. The summed E-state index contributed by atoms with van der Waals surface area (Å²) in [5.74, 6) is 0.355. The van der Waals surface area contributed by atoms with Gasteiger partial charge in [-0.15, -0.1) is 0 Å². The highest BCUT2D eigenvalue weighted by molar-refractivity contribution is 6.30. The molecule has 2 heterocycles. The van der Waals surface area contributed by atoms with Crippen LogP contribution in [0.15, 0.2) is 36.5 Å². The van der Waals surface area contributed by atoms with Crippen LogP contribution in [0.2, 0.25) is 5.02 Å². The Bertz CT molecular complexity index is 794. The van der Waals surface area contributed by atoms with Gasteiger partial charge in [-0.3, -0.25) is 0 Å². The average molecular weight is 353 g/mol. The zero-order valence-corrected chi connectivity index (χ0v) is 13.4. The Morgan fingerprint density at radius 3 is 2.83 bits per heavy atom. The van der Waals surface area contributed by atoms with Crippen molar-refractivity contribution in [1.82, 2.24) is 0 Å². The van der Waals surface area contributed by atoms with E-state index < -0.39 is 12.0 Å². The molecule has 1 aliphatic heterocycles. The van der Waals surface area contributed by atoms with Gasteiger partial charge >= 0.3 is 0 Å². The first-order chi connectivity index (χ1) is 11.5. The fraction of sp³-hybridized carbons (Fsp3) is 0.353. The molecule has 2 aromatic rings. The van der Waals surface area contributed by atoms with Crippen LogP contribution >= 0.6 is 11.6 Å². The second-order valence-corrected chi connectivity index (χ2v) is 6.64. The normalized spacial score (nSPS) is 22.0. The second-order valence-electron chi connectivity index (χ2n) is 6.20. The fourth-order valence-electron chi connectivity index (χ4n) is 3.10. The predicted octanol–water partition coefficient (Wildman–Crippen LogP) is 3.97. The van der Waals surface area contributed by atoms with Gasteiger partial charge in [0.15, 0.2) is 5.60 Å². The quantitative estimate of drug-likeness (QED) is 0.669. The molecule has 126 valence electrons. The number of anilines is 2. The Balaban J connectivity index is 1.95. The molecule has 0 radical (unpaired) electrons. The summed E-state index contributed by atoms with van der Waals surface area (Å²) in [7, 11) is 0. The van der Waals surface area contributed by atoms with Gasteiger partial charge in [0.25, 0.3) is 12.2 Å². The van der Waals surface area contributed by atoms with Crippen LogP contribution in [0.5, 0.6) is 0 Å². The van der Waals surface area contributed by atoms with E-state index in [-0.39, 0.29) is 23.6 Å². The van der Waals surface area contributed by atoms with Gasteiger partial charge in [0.1, 0.15) is 5.69 Å². The highest BCUT2D eigenvalue weighted by Crippen LogP contribution is 2.50. The SMILES string of the molecule is [O-][n+]1cccc2c1Nc1ccc(Cl)cc1C2(OCC1CC1)C(F)F. The summed E-state index contributed by atoms with van der Waals surface area (Å²) >= 11 is 6.05. The van der Waals surface area contributed by atoms with Crippen LogP contribution in [-0.2, 0) is 10.3 Å². The predicted molar refractivity (Wildman–Crippen MR) is 85.6 cm³/mol. The topological polar surface area (TPSA) is 48.2 Å². The van der Waals surface area contributed by atoms with Crippen LogP contribution in [0.4, 0.5) is 20.3 Å². The lowest BCUT2D eigenvalue weighted by Crippen LogP contribution is -2.46. The largest absolute Gasteiger partial charge is 0.711 e. The van der Waals surface area contributed by atoms with Gasteiger partial charge in [0.2, 0.25) is 0 Å². The van der Waals surface area contributed by atoms with Crippen molar-refractivity contribution < 1.29 is 18.2 Å². The Labute approximate surface area is 142 Å². The molecule has 2 aliphatic rings. The fourth-order valence-corrected chi connectivity index (χ4v) is 3.28. The highest BCUT2D eigenvalue weighted by Gasteiger charge is 2.53. The number of ether oxygens (including phenoxy) is 1. The number of nitrogens with zero attached hydrogens (tertiary/aromatic N) is 1. The van der Waals surface area contributed by atoms with E-state index in [1.165, 1.54) is 24.4 Å². The second kappa shape index (κ2) is 5.57. The van der Waals surface area contributed by atoms with Crippen molar-refractivity contribution in [2.24, 2.45) is 5.92 Å². The third-order valence-corrected chi connectivity index (χ3v) is 4.78. The Morgan fingerprint density at radius 1 is 1.33 bits per heavy atom. The number of halogens is 3. The van der Waals surface area contributed by atoms with Gasteiger partial charge in [0.05, 0.1) is 18.4 Å². The summed E-state index contributed by atoms with van der Waals surface area (Å²) < 4.78 is 35.1. The maximum atomic E-state index is 14.4. The number of fused-ring (bicyclic) bond motifs is 2. The molecule has 1 saturated carbocycles. The van der Waals surface area contributed by atoms with E-state index in [1.807, 2.05) is 0 Å². The van der Waals surface area contributed by atoms with Gasteiger partial charge in [-0.25, -0.2) is 18.8 Å². The molecule has 1 fully saturated rings. The average Bonchev–Trinajstić information content (AvgIpc) is 3.37. The van der Waals surface area contributed by atoms with E-state index in [0.29, 0.717) is 21.4 Å². The third-order valence-electron chi connectivity index (χ3n) is 4.55. The summed E-state index contributed by atoms with van der Waals surface area (Å²) in [6, 6.07) is 7.60. The van der Waals surface area contributed by atoms with Crippen LogP contribution in [0, 0.1) is 11.1 Å². The molecular weight excluding hydrogens is 338 g/mol. The van der Waals surface area contributed by atoms with Crippen LogP contribution in [0.3, 0.4) is 0 Å². The number of nitrogens with one attached hydrogen (secondary N) is 1. The van der Waals surface area contributed by atoms with Crippen LogP contribution < -0.4 is 10.0 Å². The van der Waals surface area contributed by atoms with Gasteiger partial charge in [-0.05, 0) is 49.1 Å². The van der Waals surface area contributed by atoms with Crippen LogP contribution in [0.1, 0.15) is 24.0 Å². The van der Waals surface area contributed by atoms with Crippen molar-refractivity contribution in [3.05, 3.63) is 57.9 Å². The number of aromatic nitrogens is 1. The maximum Gasteiger partial charge on any atom is 0.289 e. The van der Waals surface area contributed by atoms with Crippen molar-refractivity contribution in [3.63, 3.8) is 0 Å². The first-order valence-corrected chi connectivity index (χ1v) is 8.12. The van der Waals surface area contributed by atoms with E-state index in [1.54, 1.807) is 12.1 Å². The Kier molecular flexibility index (Phi) is 3.62. The maximum absolute atomic E-state index is 14.4. The van der Waals surface area contributed by atoms with E-state index in [4.69, 9.17) is 16.3 Å². The summed E-state index contributed by atoms with van der Waals surface area (Å²) in [6.07, 6.45) is 0.368. The Morgan fingerprint density at radius 2 is 2.12 bits per heavy atom. The monoisotopic (exact) mass is 352 g/mol. The van der Waals surface area contributed by atoms with Gasteiger partial charge in [-0.2, -0.15) is 0 Å². The zero-order valence-electron chi connectivity index (χ0n) is 12.6. The molecule has 4 rings (SSSR count). The van der Waals surface area contributed by atoms with E-state index in [0.717, 1.165) is 12.8 Å². The summed E-state index contributed by atoms with van der Waals surface area (Å²) in [5.41, 5.74) is -1.22. The minimum absolute atomic E-state index is 0.0587. The molecule has 1 atom stereocenters. The molecule has 0 bridgehead atoms. The Hall–Kier alpha value is -1.92. The molecular formula is C17H15ClF2N2O2. The lowest BCUT2D eigenvalue weighted by atomic mass is 9.82. The molecule has 4 nitrogen and oxygen atoms in total. The molecule has 0 saturated heterocycles. The van der Waals surface area contributed by atoms with Gasteiger partial charge < -0.3 is 9.94 Å². The summed E-state index contributed by atoms with van der Waals surface area (Å²) in [4.78, 5) is 0. The van der Waals surface area contributed by atoms with Gasteiger partial charge in [-0.1, -0.05) is 11.6 Å². The van der Waals surface area contributed by atoms with Gasteiger partial charge in [0, 0.05) is 10.6 Å². The molecule has 0 spiro atoms. The molecule has 7 heteroatoms. The molecule has 1 aliphatic carbocycles. The minimum atomic E-state index is -2.85. The number of hydrogen-bond acceptors (Lipinski definition) is 3. The highest BCUT2D eigenvalue weighted by atomic mass is 35.5. The zero-order chi connectivity index (χ0) is 16.9. The van der Waals surface area contributed by atoms with Crippen molar-refractivity contribution in [2.45, 2.75) is 24.9 Å². The van der Waals surface area contributed by atoms with Crippen molar-refractivity contribution in [3.8, 4) is 0 Å². The van der Waals surface area contributed by atoms with Crippen LogP contribution in [0.25, 0.3) is 0 Å². The summed E-state index contributed by atoms with van der Waals surface area (Å²) in [6.45, 7) is 0.226. The third kappa shape index (κ3) is 2.32. The first-order valence-electron chi connectivity index (χ1n) is 7.74. The summed E-state index contributed by atoms with van der Waals surface area (Å²) in [5, 5.41) is 15.4. The first kappa shape index (κ1) is 15.6. The smallest absolute Gasteiger partial charge is 0.289 e. The number of benzene rings is 1. The number of hydrogen-bond donors (Lipinski definition) is 1. The van der Waals surface area contributed by atoms with E-state index in [9.17, 15) is 14.0 Å². The van der Waals surface area contributed by atoms with Crippen LogP contribution in [-0.4, -0.2) is 13.0 Å². The van der Waals surface area contributed by atoms with E-state index >= 15 is 0 Å². The molecule has 1 aromatic carbocycles. The number of alkyl halides is 2. The molecule has 1 N–H and O–H groups in total. The number of pyridine rings is 1. The lowest BCUT2D eigenvalue weighted by Gasteiger charge is -2.38. The molecule has 1 unspecified atom stereocenters. The van der Waals surface area contributed by atoms with Crippen molar-refractivity contribution in [1.29, 1.82) is 0 Å². The molecule has 0 amide bonds. The van der Waals surface area contributed by atoms with E-state index in [2.05, 4.69) is 5.32 Å². The lowest BCUT2D eigenvalue weighted by molar-refractivity contribution is -0.591. The van der Waals surface area contributed by atoms with Crippen molar-refractivity contribution in [2.75, 3.05) is 11.9 Å². The van der Waals surface area contributed by atoms with Crippen molar-refractivity contribution >= 4 is 23.1 Å². The minimum Gasteiger partial charge on any atom is -0.711 e. The standard InChI is InChI=1S/C17H15ClF2N2O2/c18-11-5-6-14-13(8-11)17(16(19)20,24-9-10-3-4-10)12-2-1-7-22(23)15(12)21-14/h1-2,5-8,10,16,21H,3-4,9H2.